The number of hydrogen-bond acceptors (Lipinski definition) is 0. The zero-order chi connectivity index (χ0) is 6.10. The van der Waals surface area contributed by atoms with Gasteiger partial charge in [0.1, 0.15) is 0 Å². The normalized spacial score (nSPS) is 13.8. The first-order chi connectivity index (χ1) is 4.47. The summed E-state index contributed by atoms with van der Waals surface area (Å²) < 4.78 is 0. The average molecular weight is 115 g/mol. The van der Waals surface area contributed by atoms with Crippen molar-refractivity contribution in [3.8, 4) is 0 Å². The SMILES string of the molecule is [C]1=Cc2ccccc2C1. The van der Waals surface area contributed by atoms with Crippen LogP contribution in [0.15, 0.2) is 24.3 Å². The van der Waals surface area contributed by atoms with Crippen LogP contribution in [0.1, 0.15) is 11.1 Å². The van der Waals surface area contributed by atoms with Crippen molar-refractivity contribution in [2.24, 2.45) is 0 Å². The average Bonchev–Trinajstić information content (AvgIpc) is 2.33. The lowest BCUT2D eigenvalue weighted by Gasteiger charge is -1.92. The molecule has 0 heterocycles. The molecule has 1 aliphatic carbocycles. The minimum absolute atomic E-state index is 0.996. The molecular weight excluding hydrogens is 108 g/mol. The third-order valence-corrected chi connectivity index (χ3v) is 1.61. The minimum atomic E-state index is 0.996. The molecule has 0 spiro atoms. The van der Waals surface area contributed by atoms with E-state index < -0.39 is 0 Å². The Morgan fingerprint density at radius 3 is 3.00 bits per heavy atom. The van der Waals surface area contributed by atoms with Gasteiger partial charge in [-0.1, -0.05) is 30.3 Å². The number of rotatable bonds is 0. The molecule has 9 heavy (non-hydrogen) atoms. The van der Waals surface area contributed by atoms with Crippen molar-refractivity contribution in [3.05, 3.63) is 41.5 Å². The molecule has 0 saturated heterocycles. The fraction of sp³-hybridized carbons (Fsp3) is 0.111. The highest BCUT2D eigenvalue weighted by Gasteiger charge is 2.00. The first-order valence-electron chi connectivity index (χ1n) is 3.11. The molecule has 0 heteroatoms. The predicted octanol–water partition coefficient (Wildman–Crippen LogP) is 2.06. The maximum absolute atomic E-state index is 3.16. The molecule has 2 rings (SSSR count). The van der Waals surface area contributed by atoms with Crippen LogP contribution >= 0.6 is 0 Å². The van der Waals surface area contributed by atoms with E-state index >= 15 is 0 Å². The first kappa shape index (κ1) is 4.80. The van der Waals surface area contributed by atoms with E-state index in [1.165, 1.54) is 11.1 Å². The number of hydrogen-bond donors (Lipinski definition) is 0. The second kappa shape index (κ2) is 1.73. The Morgan fingerprint density at radius 1 is 1.22 bits per heavy atom. The largest absolute Gasteiger partial charge is 0.0619 e. The third-order valence-electron chi connectivity index (χ3n) is 1.61. The molecule has 1 radical (unpaired) electrons. The summed E-state index contributed by atoms with van der Waals surface area (Å²) in [7, 11) is 0. The van der Waals surface area contributed by atoms with Crippen molar-refractivity contribution in [1.29, 1.82) is 0 Å². The molecule has 0 N–H and O–H groups in total. The zero-order valence-corrected chi connectivity index (χ0v) is 5.09. The van der Waals surface area contributed by atoms with E-state index in [0.717, 1.165) is 6.42 Å². The van der Waals surface area contributed by atoms with Gasteiger partial charge in [0.25, 0.3) is 0 Å². The molecule has 0 fully saturated rings. The summed E-state index contributed by atoms with van der Waals surface area (Å²) in [5.74, 6) is 0. The molecule has 0 saturated carbocycles. The summed E-state index contributed by atoms with van der Waals surface area (Å²) in [6, 6.07) is 8.39. The fourth-order valence-electron chi connectivity index (χ4n) is 1.11. The highest BCUT2D eigenvalue weighted by Crippen LogP contribution is 2.16. The van der Waals surface area contributed by atoms with Gasteiger partial charge in [-0.25, -0.2) is 0 Å². The predicted molar refractivity (Wildman–Crippen MR) is 37.9 cm³/mol. The Bertz CT molecular complexity index is 246. The molecule has 1 aromatic rings. The second-order valence-electron chi connectivity index (χ2n) is 2.22. The van der Waals surface area contributed by atoms with Crippen molar-refractivity contribution in [3.63, 3.8) is 0 Å². The zero-order valence-electron chi connectivity index (χ0n) is 5.09. The lowest BCUT2D eigenvalue weighted by molar-refractivity contribution is 1.28. The van der Waals surface area contributed by atoms with E-state index in [0.29, 0.717) is 0 Å². The summed E-state index contributed by atoms with van der Waals surface area (Å²) in [4.78, 5) is 0. The highest BCUT2D eigenvalue weighted by molar-refractivity contribution is 5.57. The van der Waals surface area contributed by atoms with Crippen molar-refractivity contribution in [2.75, 3.05) is 0 Å². The maximum atomic E-state index is 3.16. The van der Waals surface area contributed by atoms with Gasteiger partial charge in [0.05, 0.1) is 0 Å². The lowest BCUT2D eigenvalue weighted by atomic mass is 10.1. The van der Waals surface area contributed by atoms with Gasteiger partial charge in [-0.05, 0) is 23.6 Å². The van der Waals surface area contributed by atoms with Gasteiger partial charge in [-0.2, -0.15) is 0 Å². The Kier molecular flexibility index (Phi) is 0.922. The Hall–Kier alpha value is -1.04. The quantitative estimate of drug-likeness (QED) is 0.485. The molecule has 0 nitrogen and oxygen atoms in total. The van der Waals surface area contributed by atoms with Crippen LogP contribution in [0.4, 0.5) is 0 Å². The van der Waals surface area contributed by atoms with E-state index in [1.54, 1.807) is 0 Å². The second-order valence-corrected chi connectivity index (χ2v) is 2.22. The summed E-state index contributed by atoms with van der Waals surface area (Å²) in [5, 5.41) is 0. The molecular formula is C9H7. The van der Waals surface area contributed by atoms with E-state index in [4.69, 9.17) is 0 Å². The minimum Gasteiger partial charge on any atom is -0.0619 e. The summed E-state index contributed by atoms with van der Waals surface area (Å²) in [5.41, 5.74) is 2.73. The maximum Gasteiger partial charge on any atom is -0.00168 e. The molecule has 0 aromatic heterocycles. The summed E-state index contributed by atoms with van der Waals surface area (Å²) >= 11 is 0. The monoisotopic (exact) mass is 115 g/mol. The lowest BCUT2D eigenvalue weighted by Crippen LogP contribution is -1.77. The number of fused-ring (bicyclic) bond motifs is 1. The van der Waals surface area contributed by atoms with Gasteiger partial charge in [0.15, 0.2) is 0 Å². The van der Waals surface area contributed by atoms with Crippen LogP contribution in [0.3, 0.4) is 0 Å². The van der Waals surface area contributed by atoms with E-state index in [1.807, 2.05) is 0 Å². The molecule has 1 aromatic carbocycles. The molecule has 0 atom stereocenters. The Morgan fingerprint density at radius 2 is 2.11 bits per heavy atom. The van der Waals surface area contributed by atoms with Gasteiger partial charge in [0.2, 0.25) is 0 Å². The van der Waals surface area contributed by atoms with E-state index in [2.05, 4.69) is 36.4 Å². The topological polar surface area (TPSA) is 0 Å². The van der Waals surface area contributed by atoms with Crippen LogP contribution in [-0.2, 0) is 6.42 Å². The van der Waals surface area contributed by atoms with Crippen molar-refractivity contribution >= 4 is 6.08 Å². The summed E-state index contributed by atoms with van der Waals surface area (Å²) in [6.45, 7) is 0. The van der Waals surface area contributed by atoms with Crippen molar-refractivity contribution in [1.82, 2.24) is 0 Å². The summed E-state index contributed by atoms with van der Waals surface area (Å²) in [6.07, 6.45) is 6.21. The van der Waals surface area contributed by atoms with Gasteiger partial charge in [-0.15, -0.1) is 0 Å². The molecule has 0 bridgehead atoms. The van der Waals surface area contributed by atoms with Gasteiger partial charge in [-0.3, -0.25) is 0 Å². The van der Waals surface area contributed by atoms with Crippen LogP contribution in [-0.4, -0.2) is 0 Å². The number of benzene rings is 1. The first-order valence-corrected chi connectivity index (χ1v) is 3.11. The molecule has 43 valence electrons. The fourth-order valence-corrected chi connectivity index (χ4v) is 1.11. The van der Waals surface area contributed by atoms with Crippen LogP contribution in [0, 0.1) is 6.08 Å². The smallest absolute Gasteiger partial charge is 0.00168 e. The van der Waals surface area contributed by atoms with E-state index in [9.17, 15) is 0 Å². The van der Waals surface area contributed by atoms with Gasteiger partial charge in [0, 0.05) is 0 Å². The standard InChI is InChI=1S/C9H7/c1-2-5-9-7-3-6-8(9)4-1/h1-2,4-6H,7H2. The molecule has 1 aliphatic rings. The Balaban J connectivity index is 2.63. The highest BCUT2D eigenvalue weighted by atomic mass is 14.0. The van der Waals surface area contributed by atoms with Crippen molar-refractivity contribution < 1.29 is 0 Å². The Labute approximate surface area is 54.8 Å². The number of allylic oxidation sites excluding steroid dienone is 1. The van der Waals surface area contributed by atoms with Crippen LogP contribution in [0.25, 0.3) is 6.08 Å². The van der Waals surface area contributed by atoms with Gasteiger partial charge < -0.3 is 0 Å². The molecule has 0 amide bonds. The van der Waals surface area contributed by atoms with Crippen LogP contribution < -0.4 is 0 Å². The molecule has 0 aliphatic heterocycles. The van der Waals surface area contributed by atoms with E-state index in [-0.39, 0.29) is 0 Å². The van der Waals surface area contributed by atoms with Gasteiger partial charge >= 0.3 is 0 Å². The van der Waals surface area contributed by atoms with Crippen LogP contribution in [0.2, 0.25) is 0 Å². The van der Waals surface area contributed by atoms with Crippen molar-refractivity contribution in [2.45, 2.75) is 6.42 Å². The third kappa shape index (κ3) is 0.672. The van der Waals surface area contributed by atoms with Crippen LogP contribution in [0.5, 0.6) is 0 Å². The molecule has 0 unspecified atom stereocenters.